The average molecular weight is 335 g/mol. The van der Waals surface area contributed by atoms with Gasteiger partial charge in [-0.2, -0.15) is 13.2 Å². The smallest absolute Gasteiger partial charge is 0.274 e. The molecule has 1 amide bonds. The summed E-state index contributed by atoms with van der Waals surface area (Å²) in [4.78, 5) is 12.1. The maximum atomic E-state index is 13.0. The molecule has 0 spiro atoms. The number of sulfonamides is 1. The number of hydrogen-bond donors (Lipinski definition) is 0. The van der Waals surface area contributed by atoms with Gasteiger partial charge in [0.05, 0.1) is 11.3 Å². The van der Waals surface area contributed by atoms with Crippen molar-refractivity contribution in [2.75, 3.05) is 12.3 Å². The molecule has 22 heavy (non-hydrogen) atoms. The summed E-state index contributed by atoms with van der Waals surface area (Å²) in [6.45, 7) is 1.60. The molecule has 1 atom stereocenters. The summed E-state index contributed by atoms with van der Waals surface area (Å²) in [6.07, 6.45) is -4.42. The number of nitrogens with zero attached hydrogens (tertiary/aromatic N) is 1. The maximum Gasteiger partial charge on any atom is 0.416 e. The van der Waals surface area contributed by atoms with E-state index in [1.807, 2.05) is 0 Å². The molecule has 0 aromatic heterocycles. The van der Waals surface area contributed by atoms with Gasteiger partial charge in [-0.05, 0) is 24.0 Å². The van der Waals surface area contributed by atoms with E-state index in [-0.39, 0.29) is 24.3 Å². The molecule has 0 saturated carbocycles. The first-order valence-corrected chi connectivity index (χ1v) is 8.43. The molecule has 0 unspecified atom stereocenters. The molecule has 1 heterocycles. The van der Waals surface area contributed by atoms with E-state index < -0.39 is 33.6 Å². The molecule has 1 aliphatic heterocycles. The van der Waals surface area contributed by atoms with Gasteiger partial charge in [0.1, 0.15) is 0 Å². The first-order chi connectivity index (χ1) is 10.1. The fourth-order valence-electron chi connectivity index (χ4n) is 2.58. The molecule has 4 nitrogen and oxygen atoms in total. The van der Waals surface area contributed by atoms with Crippen LogP contribution in [0.4, 0.5) is 13.2 Å². The van der Waals surface area contributed by atoms with Gasteiger partial charge in [-0.1, -0.05) is 25.1 Å². The van der Waals surface area contributed by atoms with Gasteiger partial charge in [0.2, 0.25) is 15.9 Å². The van der Waals surface area contributed by atoms with E-state index in [9.17, 15) is 26.4 Å². The fourth-order valence-corrected chi connectivity index (χ4v) is 4.08. The van der Waals surface area contributed by atoms with Crippen molar-refractivity contribution in [3.05, 3.63) is 35.4 Å². The van der Waals surface area contributed by atoms with Crippen LogP contribution in [0.3, 0.4) is 0 Å². The van der Waals surface area contributed by atoms with Crippen molar-refractivity contribution in [3.63, 3.8) is 0 Å². The van der Waals surface area contributed by atoms with Crippen LogP contribution in [0.25, 0.3) is 0 Å². The monoisotopic (exact) mass is 335 g/mol. The summed E-state index contributed by atoms with van der Waals surface area (Å²) in [5.74, 6) is -1.46. The lowest BCUT2D eigenvalue weighted by Crippen LogP contribution is -2.33. The Bertz CT molecular complexity index is 670. The number of carbonyl (C=O) groups excluding carboxylic acids is 1. The number of amides is 1. The Balaban J connectivity index is 2.20. The third-order valence-electron chi connectivity index (χ3n) is 3.66. The molecule has 1 aromatic carbocycles. The van der Waals surface area contributed by atoms with Gasteiger partial charge < -0.3 is 0 Å². The van der Waals surface area contributed by atoms with E-state index >= 15 is 0 Å². The van der Waals surface area contributed by atoms with Crippen LogP contribution >= 0.6 is 0 Å². The third-order valence-corrected chi connectivity index (χ3v) is 5.52. The first kappa shape index (κ1) is 16.8. The van der Waals surface area contributed by atoms with E-state index in [4.69, 9.17) is 0 Å². The lowest BCUT2D eigenvalue weighted by Gasteiger charge is -2.20. The number of halogens is 3. The summed E-state index contributed by atoms with van der Waals surface area (Å²) in [5, 5.41) is 0. The van der Waals surface area contributed by atoms with Crippen LogP contribution in [-0.4, -0.2) is 30.9 Å². The predicted molar refractivity (Wildman–Crippen MR) is 74.6 cm³/mol. The number of alkyl halides is 3. The van der Waals surface area contributed by atoms with E-state index in [1.54, 1.807) is 0 Å². The van der Waals surface area contributed by atoms with Crippen molar-refractivity contribution in [1.29, 1.82) is 0 Å². The fraction of sp³-hybridized carbons (Fsp3) is 0.500. The number of carbonyl (C=O) groups is 1. The first-order valence-electron chi connectivity index (χ1n) is 6.82. The summed E-state index contributed by atoms with van der Waals surface area (Å²) in [5.41, 5.74) is -0.792. The Hall–Kier alpha value is -1.57. The van der Waals surface area contributed by atoms with Gasteiger partial charge in [-0.25, -0.2) is 12.7 Å². The van der Waals surface area contributed by atoms with E-state index in [2.05, 4.69) is 0 Å². The van der Waals surface area contributed by atoms with E-state index in [0.29, 0.717) is 6.42 Å². The molecule has 8 heteroatoms. The van der Waals surface area contributed by atoms with Crippen molar-refractivity contribution in [2.24, 2.45) is 0 Å². The Morgan fingerprint density at radius 2 is 1.95 bits per heavy atom. The highest BCUT2D eigenvalue weighted by Gasteiger charge is 2.36. The summed E-state index contributed by atoms with van der Waals surface area (Å²) in [7, 11) is -3.59. The Labute approximate surface area is 127 Å². The number of rotatable bonds is 3. The van der Waals surface area contributed by atoms with Crippen LogP contribution in [0, 0.1) is 0 Å². The topological polar surface area (TPSA) is 54.5 Å². The largest absolute Gasteiger partial charge is 0.416 e. The van der Waals surface area contributed by atoms with Crippen molar-refractivity contribution in [3.8, 4) is 0 Å². The summed E-state index contributed by atoms with van der Waals surface area (Å²) >= 11 is 0. The zero-order chi connectivity index (χ0) is 16.5. The van der Waals surface area contributed by atoms with Gasteiger partial charge >= 0.3 is 6.18 Å². The normalized spacial score (nSPS) is 19.2. The van der Waals surface area contributed by atoms with Crippen LogP contribution in [0.5, 0.6) is 0 Å². The minimum Gasteiger partial charge on any atom is -0.274 e. The second-order valence-corrected chi connectivity index (χ2v) is 7.34. The molecular formula is C14H16F3NO3S. The minimum absolute atomic E-state index is 0.0000510. The molecular weight excluding hydrogens is 319 g/mol. The Morgan fingerprint density at radius 1 is 1.32 bits per heavy atom. The summed E-state index contributed by atoms with van der Waals surface area (Å²) in [6, 6.07) is 5.03. The van der Waals surface area contributed by atoms with Crippen LogP contribution < -0.4 is 0 Å². The molecule has 2 rings (SSSR count). The lowest BCUT2D eigenvalue weighted by atomic mass is 9.92. The Morgan fingerprint density at radius 3 is 2.50 bits per heavy atom. The van der Waals surface area contributed by atoms with Gasteiger partial charge in [-0.15, -0.1) is 0 Å². The van der Waals surface area contributed by atoms with Gasteiger partial charge in [0, 0.05) is 13.0 Å². The molecule has 0 N–H and O–H groups in total. The molecule has 0 radical (unpaired) electrons. The van der Waals surface area contributed by atoms with Crippen molar-refractivity contribution in [2.45, 2.75) is 31.9 Å². The molecule has 0 bridgehead atoms. The highest BCUT2D eigenvalue weighted by Crippen LogP contribution is 2.36. The highest BCUT2D eigenvalue weighted by atomic mass is 32.2. The molecule has 1 aromatic rings. The SMILES string of the molecule is C[C@@H](CC(=O)N1CCCS1(=O)=O)c1ccccc1C(F)(F)F. The van der Waals surface area contributed by atoms with Crippen molar-refractivity contribution >= 4 is 15.9 Å². The second-order valence-electron chi connectivity index (χ2n) is 5.33. The lowest BCUT2D eigenvalue weighted by molar-refractivity contribution is -0.138. The quantitative estimate of drug-likeness (QED) is 0.853. The zero-order valence-electron chi connectivity index (χ0n) is 11.9. The van der Waals surface area contributed by atoms with E-state index in [1.165, 1.54) is 25.1 Å². The standard InChI is InChI=1S/C14H16F3NO3S/c1-10(9-13(19)18-7-4-8-22(18,20)21)11-5-2-3-6-12(11)14(15,16)17/h2-3,5-6,10H,4,7-9H2,1H3/t10-/m0/s1. The van der Waals surface area contributed by atoms with Crippen molar-refractivity contribution in [1.82, 2.24) is 4.31 Å². The van der Waals surface area contributed by atoms with Crippen LogP contribution in [0.2, 0.25) is 0 Å². The van der Waals surface area contributed by atoms with E-state index in [0.717, 1.165) is 10.4 Å². The Kier molecular flexibility index (Phi) is 4.51. The minimum atomic E-state index is -4.51. The predicted octanol–water partition coefficient (Wildman–Crippen LogP) is 2.76. The van der Waals surface area contributed by atoms with Gasteiger partial charge in [0.25, 0.3) is 0 Å². The zero-order valence-corrected chi connectivity index (χ0v) is 12.7. The van der Waals surface area contributed by atoms with Gasteiger partial charge in [0.15, 0.2) is 0 Å². The third kappa shape index (κ3) is 3.43. The maximum absolute atomic E-state index is 13.0. The van der Waals surface area contributed by atoms with Crippen LogP contribution in [-0.2, 0) is 21.0 Å². The molecule has 0 aliphatic carbocycles. The van der Waals surface area contributed by atoms with Crippen molar-refractivity contribution < 1.29 is 26.4 Å². The average Bonchev–Trinajstić information content (AvgIpc) is 2.77. The molecule has 1 saturated heterocycles. The van der Waals surface area contributed by atoms with Crippen LogP contribution in [0.1, 0.15) is 36.8 Å². The molecule has 122 valence electrons. The summed E-state index contributed by atoms with van der Waals surface area (Å²) < 4.78 is 63.1. The van der Waals surface area contributed by atoms with Gasteiger partial charge in [-0.3, -0.25) is 4.79 Å². The van der Waals surface area contributed by atoms with Crippen LogP contribution in [0.15, 0.2) is 24.3 Å². The molecule has 1 fully saturated rings. The molecule has 1 aliphatic rings. The second kappa shape index (κ2) is 5.91. The number of hydrogen-bond acceptors (Lipinski definition) is 3. The highest BCUT2D eigenvalue weighted by molar-refractivity contribution is 7.89. The number of benzene rings is 1.